The molecule has 6 nitrogen and oxygen atoms in total. The van der Waals surface area contributed by atoms with E-state index in [9.17, 15) is 9.59 Å². The first-order valence-electron chi connectivity index (χ1n) is 5.13. The predicted octanol–water partition coefficient (Wildman–Crippen LogP) is 0.781. The van der Waals surface area contributed by atoms with Crippen LogP contribution < -0.4 is 5.56 Å². The molecular formula is C10H11N3O3S. The SMILES string of the molecule is C=C1CCSc2nc(=O)c(C(=O)OCC)nn21. The molecule has 0 radical (unpaired) electrons. The maximum atomic E-state index is 11.6. The van der Waals surface area contributed by atoms with Crippen molar-refractivity contribution in [2.24, 2.45) is 0 Å². The van der Waals surface area contributed by atoms with Gasteiger partial charge in [-0.3, -0.25) is 4.79 Å². The van der Waals surface area contributed by atoms with Crippen LogP contribution in [0.3, 0.4) is 0 Å². The molecule has 7 heteroatoms. The van der Waals surface area contributed by atoms with Crippen LogP contribution in [-0.4, -0.2) is 33.1 Å². The topological polar surface area (TPSA) is 74.1 Å². The molecule has 2 heterocycles. The van der Waals surface area contributed by atoms with Gasteiger partial charge < -0.3 is 4.74 Å². The van der Waals surface area contributed by atoms with Crippen molar-refractivity contribution in [2.45, 2.75) is 18.5 Å². The molecule has 1 aliphatic rings. The zero-order valence-corrected chi connectivity index (χ0v) is 10.1. The average molecular weight is 253 g/mol. The highest BCUT2D eigenvalue weighted by atomic mass is 32.2. The lowest BCUT2D eigenvalue weighted by molar-refractivity contribution is 0.0514. The molecule has 90 valence electrons. The zero-order valence-electron chi connectivity index (χ0n) is 9.30. The highest BCUT2D eigenvalue weighted by molar-refractivity contribution is 7.99. The number of esters is 1. The first-order valence-corrected chi connectivity index (χ1v) is 6.11. The monoisotopic (exact) mass is 253 g/mol. The van der Waals surface area contributed by atoms with Crippen molar-refractivity contribution in [3.05, 3.63) is 22.6 Å². The van der Waals surface area contributed by atoms with Crippen LogP contribution in [-0.2, 0) is 4.74 Å². The van der Waals surface area contributed by atoms with E-state index in [1.165, 1.54) is 16.4 Å². The van der Waals surface area contributed by atoms with Crippen molar-refractivity contribution in [3.8, 4) is 0 Å². The normalized spacial score (nSPS) is 14.3. The maximum absolute atomic E-state index is 11.6. The van der Waals surface area contributed by atoms with Crippen molar-refractivity contribution in [1.29, 1.82) is 0 Å². The molecule has 2 rings (SSSR count). The summed E-state index contributed by atoms with van der Waals surface area (Å²) in [4.78, 5) is 26.9. The molecule has 1 aromatic heterocycles. The van der Waals surface area contributed by atoms with E-state index >= 15 is 0 Å². The summed E-state index contributed by atoms with van der Waals surface area (Å²) < 4.78 is 6.18. The third-order valence-electron chi connectivity index (χ3n) is 2.17. The van der Waals surface area contributed by atoms with E-state index in [1.54, 1.807) is 6.92 Å². The number of aromatic nitrogens is 3. The van der Waals surface area contributed by atoms with E-state index in [4.69, 9.17) is 4.74 Å². The van der Waals surface area contributed by atoms with Gasteiger partial charge in [0.2, 0.25) is 5.69 Å². The first kappa shape index (κ1) is 11.8. The van der Waals surface area contributed by atoms with Gasteiger partial charge in [0.15, 0.2) is 5.16 Å². The van der Waals surface area contributed by atoms with Crippen LogP contribution in [0.5, 0.6) is 0 Å². The van der Waals surface area contributed by atoms with Crippen LogP contribution in [0.1, 0.15) is 23.8 Å². The molecule has 0 bridgehead atoms. The van der Waals surface area contributed by atoms with Crippen LogP contribution in [0.4, 0.5) is 0 Å². The Bertz CT molecular complexity index is 538. The molecule has 0 spiro atoms. The molecule has 0 fully saturated rings. The molecule has 0 N–H and O–H groups in total. The van der Waals surface area contributed by atoms with E-state index in [0.717, 1.165) is 17.9 Å². The molecule has 0 amide bonds. The van der Waals surface area contributed by atoms with Gasteiger partial charge in [0, 0.05) is 11.4 Å². The second-order valence-corrected chi connectivity index (χ2v) is 4.41. The van der Waals surface area contributed by atoms with Gasteiger partial charge in [0.25, 0.3) is 0 Å². The third kappa shape index (κ3) is 2.23. The van der Waals surface area contributed by atoms with Crippen LogP contribution >= 0.6 is 11.8 Å². The van der Waals surface area contributed by atoms with Gasteiger partial charge >= 0.3 is 11.5 Å². The van der Waals surface area contributed by atoms with E-state index in [-0.39, 0.29) is 12.3 Å². The number of rotatable bonds is 2. The van der Waals surface area contributed by atoms with Crippen molar-refractivity contribution < 1.29 is 9.53 Å². The lowest BCUT2D eigenvalue weighted by Crippen LogP contribution is -2.28. The Hall–Kier alpha value is -1.63. The number of carbonyl (C=O) groups excluding carboxylic acids is 1. The van der Waals surface area contributed by atoms with E-state index < -0.39 is 11.5 Å². The molecule has 1 aliphatic heterocycles. The summed E-state index contributed by atoms with van der Waals surface area (Å²) in [5, 5.41) is 4.43. The predicted molar refractivity (Wildman–Crippen MR) is 62.9 cm³/mol. The Morgan fingerprint density at radius 1 is 1.65 bits per heavy atom. The number of hydrogen-bond acceptors (Lipinski definition) is 6. The fourth-order valence-corrected chi connectivity index (χ4v) is 2.33. The number of ether oxygens (including phenoxy) is 1. The largest absolute Gasteiger partial charge is 0.461 e. The van der Waals surface area contributed by atoms with E-state index in [2.05, 4.69) is 16.7 Å². The smallest absolute Gasteiger partial charge is 0.364 e. The third-order valence-corrected chi connectivity index (χ3v) is 3.10. The van der Waals surface area contributed by atoms with Gasteiger partial charge in [-0.25, -0.2) is 9.48 Å². The van der Waals surface area contributed by atoms with Crippen LogP contribution in [0, 0.1) is 0 Å². The van der Waals surface area contributed by atoms with Crippen LogP contribution in [0.25, 0.3) is 5.70 Å². The summed E-state index contributed by atoms with van der Waals surface area (Å²) in [5.41, 5.74) is -0.229. The molecule has 0 aliphatic carbocycles. The minimum Gasteiger partial charge on any atom is -0.461 e. The number of allylic oxidation sites excluding steroid dienone is 1. The molecule has 1 aromatic rings. The van der Waals surface area contributed by atoms with Gasteiger partial charge in [0.05, 0.1) is 6.61 Å². The number of nitrogens with zero attached hydrogens (tertiary/aromatic N) is 3. The van der Waals surface area contributed by atoms with Crippen LogP contribution in [0.15, 0.2) is 16.5 Å². The summed E-state index contributed by atoms with van der Waals surface area (Å²) >= 11 is 1.42. The molecular weight excluding hydrogens is 242 g/mol. The summed E-state index contributed by atoms with van der Waals surface area (Å²) in [7, 11) is 0. The molecule has 0 saturated carbocycles. The molecule has 0 unspecified atom stereocenters. The van der Waals surface area contributed by atoms with E-state index in [0.29, 0.717) is 5.16 Å². The zero-order chi connectivity index (χ0) is 12.4. The van der Waals surface area contributed by atoms with Gasteiger partial charge in [0.1, 0.15) is 0 Å². The number of thioether (sulfide) groups is 1. The van der Waals surface area contributed by atoms with Gasteiger partial charge in [-0.1, -0.05) is 18.3 Å². The summed E-state index contributed by atoms with van der Waals surface area (Å²) in [6, 6.07) is 0. The van der Waals surface area contributed by atoms with E-state index in [1.807, 2.05) is 0 Å². The number of fused-ring (bicyclic) bond motifs is 1. The van der Waals surface area contributed by atoms with Crippen molar-refractivity contribution in [1.82, 2.24) is 14.8 Å². The van der Waals surface area contributed by atoms with Crippen molar-refractivity contribution in [3.63, 3.8) is 0 Å². The minimum atomic E-state index is -0.747. The van der Waals surface area contributed by atoms with Gasteiger partial charge in [-0.05, 0) is 13.3 Å². The molecule has 17 heavy (non-hydrogen) atoms. The molecule has 0 atom stereocenters. The minimum absolute atomic E-state index is 0.192. The van der Waals surface area contributed by atoms with Crippen molar-refractivity contribution in [2.75, 3.05) is 12.4 Å². The fourth-order valence-electron chi connectivity index (χ4n) is 1.37. The Labute approximate surface area is 102 Å². The first-order chi connectivity index (χ1) is 8.13. The Morgan fingerprint density at radius 3 is 3.12 bits per heavy atom. The quantitative estimate of drug-likeness (QED) is 0.725. The Balaban J connectivity index is 2.49. The fraction of sp³-hybridized carbons (Fsp3) is 0.400. The summed E-state index contributed by atoms with van der Waals surface area (Å²) in [5.74, 6) is 0.0646. The number of hydrogen-bond donors (Lipinski definition) is 0. The average Bonchev–Trinajstić information content (AvgIpc) is 2.29. The second kappa shape index (κ2) is 4.70. The Kier molecular flexibility index (Phi) is 3.28. The van der Waals surface area contributed by atoms with Crippen molar-refractivity contribution >= 4 is 23.4 Å². The lowest BCUT2D eigenvalue weighted by atomic mass is 10.4. The lowest BCUT2D eigenvalue weighted by Gasteiger charge is -2.17. The highest BCUT2D eigenvalue weighted by Crippen LogP contribution is 2.25. The molecule has 0 aromatic carbocycles. The van der Waals surface area contributed by atoms with Gasteiger partial charge in [-0.2, -0.15) is 10.1 Å². The summed E-state index contributed by atoms with van der Waals surface area (Å²) in [6.45, 7) is 5.68. The standard InChI is InChI=1S/C10H11N3O3S/c1-3-16-9(15)7-8(14)11-10-13(12-7)6(2)4-5-17-10/h2-5H2,1H3. The number of carbonyl (C=O) groups is 1. The maximum Gasteiger partial charge on any atom is 0.364 e. The second-order valence-electron chi connectivity index (χ2n) is 3.35. The Morgan fingerprint density at radius 2 is 2.41 bits per heavy atom. The van der Waals surface area contributed by atoms with Crippen LogP contribution in [0.2, 0.25) is 0 Å². The summed E-state index contributed by atoms with van der Waals surface area (Å²) in [6.07, 6.45) is 0.748. The highest BCUT2D eigenvalue weighted by Gasteiger charge is 2.21. The van der Waals surface area contributed by atoms with Gasteiger partial charge in [-0.15, -0.1) is 0 Å². The molecule has 0 saturated heterocycles.